The van der Waals surface area contributed by atoms with Gasteiger partial charge < -0.3 is 14.4 Å². The van der Waals surface area contributed by atoms with Crippen molar-refractivity contribution in [3.8, 4) is 5.75 Å². The van der Waals surface area contributed by atoms with Gasteiger partial charge in [-0.1, -0.05) is 6.07 Å². The molecule has 1 aromatic rings. The number of carbonyl (C=O) groups is 2. The van der Waals surface area contributed by atoms with E-state index in [1.165, 1.54) is 4.90 Å². The molecule has 0 saturated heterocycles. The molecule has 0 radical (unpaired) electrons. The van der Waals surface area contributed by atoms with Crippen LogP contribution >= 0.6 is 0 Å². The number of hydrogen-bond acceptors (Lipinski definition) is 4. The number of hydrogen-bond donors (Lipinski definition) is 0. The number of nitrogens with zero attached hydrogens (tertiary/aromatic N) is 1. The maximum Gasteiger partial charge on any atom is 0.307 e. The highest BCUT2D eigenvalue weighted by atomic mass is 16.5. The van der Waals surface area contributed by atoms with E-state index < -0.39 is 0 Å². The van der Waals surface area contributed by atoms with E-state index in [9.17, 15) is 9.59 Å². The molecule has 110 valence electrons. The zero-order chi connectivity index (χ0) is 15.1. The van der Waals surface area contributed by atoms with Crippen LogP contribution in [0.3, 0.4) is 0 Å². The highest BCUT2D eigenvalue weighted by molar-refractivity contribution is 5.94. The Balaban J connectivity index is 2.67. The molecule has 0 aromatic heterocycles. The number of ether oxygens (including phenoxy) is 2. The molecule has 0 aliphatic carbocycles. The topological polar surface area (TPSA) is 55.8 Å². The summed E-state index contributed by atoms with van der Waals surface area (Å²) in [5.41, 5.74) is 1.51. The Hall–Kier alpha value is -2.04. The Kier molecular flexibility index (Phi) is 6.03. The number of aryl methyl sites for hydroxylation is 1. The average molecular weight is 279 g/mol. The van der Waals surface area contributed by atoms with E-state index in [0.717, 1.165) is 5.56 Å². The first kappa shape index (κ1) is 16.0. The molecule has 0 fully saturated rings. The van der Waals surface area contributed by atoms with Gasteiger partial charge in [0, 0.05) is 19.2 Å². The normalized spacial score (nSPS) is 10.0. The summed E-state index contributed by atoms with van der Waals surface area (Å²) < 4.78 is 10.0. The lowest BCUT2D eigenvalue weighted by Gasteiger charge is -2.17. The van der Waals surface area contributed by atoms with Crippen LogP contribution in [0.1, 0.15) is 29.3 Å². The van der Waals surface area contributed by atoms with Crippen molar-refractivity contribution in [2.24, 2.45) is 0 Å². The van der Waals surface area contributed by atoms with Crippen LogP contribution in [-0.4, -0.2) is 44.1 Å². The molecule has 1 amide bonds. The molecule has 0 heterocycles. The third-order valence-electron chi connectivity index (χ3n) is 2.96. The van der Waals surface area contributed by atoms with Gasteiger partial charge in [0.2, 0.25) is 0 Å². The van der Waals surface area contributed by atoms with Crippen LogP contribution in [0.5, 0.6) is 5.75 Å². The monoisotopic (exact) mass is 279 g/mol. The lowest BCUT2D eigenvalue weighted by Crippen LogP contribution is -2.29. The van der Waals surface area contributed by atoms with Gasteiger partial charge in [-0.3, -0.25) is 9.59 Å². The van der Waals surface area contributed by atoms with Crippen LogP contribution in [0, 0.1) is 6.92 Å². The maximum absolute atomic E-state index is 12.2. The summed E-state index contributed by atoms with van der Waals surface area (Å²) in [6.45, 7) is 4.35. The van der Waals surface area contributed by atoms with Crippen molar-refractivity contribution in [1.82, 2.24) is 4.90 Å². The SMILES string of the molecule is CCOC(=O)CCN(C)C(=O)c1ccc(C)c(OC)c1. The number of carbonyl (C=O) groups excluding carboxylic acids is 2. The number of methoxy groups -OCH3 is 1. The zero-order valence-electron chi connectivity index (χ0n) is 12.4. The molecular weight excluding hydrogens is 258 g/mol. The van der Waals surface area contributed by atoms with Gasteiger partial charge >= 0.3 is 5.97 Å². The Morgan fingerprint density at radius 2 is 2.00 bits per heavy atom. The number of benzene rings is 1. The summed E-state index contributed by atoms with van der Waals surface area (Å²) in [7, 11) is 3.23. The van der Waals surface area contributed by atoms with Crippen LogP contribution in [-0.2, 0) is 9.53 Å². The molecule has 5 heteroatoms. The molecule has 0 aliphatic heterocycles. The van der Waals surface area contributed by atoms with Crippen LogP contribution in [0.4, 0.5) is 0 Å². The van der Waals surface area contributed by atoms with Gasteiger partial charge in [-0.15, -0.1) is 0 Å². The minimum atomic E-state index is -0.298. The van der Waals surface area contributed by atoms with Gasteiger partial charge in [0.25, 0.3) is 5.91 Å². The summed E-state index contributed by atoms with van der Waals surface area (Å²) >= 11 is 0. The summed E-state index contributed by atoms with van der Waals surface area (Å²) in [6.07, 6.45) is 0.194. The molecule has 0 atom stereocenters. The second-order valence-electron chi connectivity index (χ2n) is 4.47. The third kappa shape index (κ3) is 4.26. The summed E-state index contributed by atoms with van der Waals surface area (Å²) in [5.74, 6) is 0.232. The average Bonchev–Trinajstić information content (AvgIpc) is 2.44. The standard InChI is InChI=1S/C15H21NO4/c1-5-20-14(17)8-9-16(3)15(18)12-7-6-11(2)13(10-12)19-4/h6-7,10H,5,8-9H2,1-4H3. The third-order valence-corrected chi connectivity index (χ3v) is 2.96. The van der Waals surface area contributed by atoms with Gasteiger partial charge in [0.05, 0.1) is 20.1 Å². The molecule has 0 N–H and O–H groups in total. The first-order chi connectivity index (χ1) is 9.49. The fourth-order valence-corrected chi connectivity index (χ4v) is 1.77. The molecule has 0 unspecified atom stereocenters. The Labute approximate surface area is 119 Å². The molecule has 0 aliphatic rings. The van der Waals surface area contributed by atoms with Crippen molar-refractivity contribution in [2.75, 3.05) is 27.3 Å². The Morgan fingerprint density at radius 3 is 2.60 bits per heavy atom. The molecule has 1 rings (SSSR count). The molecule has 0 spiro atoms. The Bertz CT molecular complexity index is 485. The fraction of sp³-hybridized carbons (Fsp3) is 0.467. The fourth-order valence-electron chi connectivity index (χ4n) is 1.77. The van der Waals surface area contributed by atoms with Crippen molar-refractivity contribution in [1.29, 1.82) is 0 Å². The van der Waals surface area contributed by atoms with Crippen LogP contribution in [0.15, 0.2) is 18.2 Å². The van der Waals surface area contributed by atoms with Crippen molar-refractivity contribution in [2.45, 2.75) is 20.3 Å². The van der Waals surface area contributed by atoms with Crippen LogP contribution < -0.4 is 4.74 Å². The van der Waals surface area contributed by atoms with E-state index in [-0.39, 0.29) is 18.3 Å². The van der Waals surface area contributed by atoms with Crippen LogP contribution in [0.25, 0.3) is 0 Å². The van der Waals surface area contributed by atoms with E-state index in [4.69, 9.17) is 9.47 Å². The zero-order valence-corrected chi connectivity index (χ0v) is 12.4. The number of amides is 1. The Morgan fingerprint density at radius 1 is 1.30 bits per heavy atom. The van der Waals surface area contributed by atoms with E-state index in [2.05, 4.69) is 0 Å². The van der Waals surface area contributed by atoms with Gasteiger partial charge in [-0.25, -0.2) is 0 Å². The van der Waals surface area contributed by atoms with E-state index in [0.29, 0.717) is 24.5 Å². The van der Waals surface area contributed by atoms with Crippen molar-refractivity contribution in [3.63, 3.8) is 0 Å². The van der Waals surface area contributed by atoms with E-state index in [1.54, 1.807) is 33.2 Å². The molecular formula is C15H21NO4. The van der Waals surface area contributed by atoms with E-state index in [1.807, 2.05) is 13.0 Å². The predicted octanol–water partition coefficient (Wildman–Crippen LogP) is 2.03. The largest absolute Gasteiger partial charge is 0.496 e. The second kappa shape index (κ2) is 7.53. The van der Waals surface area contributed by atoms with Crippen molar-refractivity contribution in [3.05, 3.63) is 29.3 Å². The first-order valence-corrected chi connectivity index (χ1v) is 6.55. The molecule has 5 nitrogen and oxygen atoms in total. The molecule has 0 bridgehead atoms. The summed E-state index contributed by atoms with van der Waals surface area (Å²) in [4.78, 5) is 25.0. The summed E-state index contributed by atoms with van der Waals surface area (Å²) in [6, 6.07) is 5.30. The smallest absolute Gasteiger partial charge is 0.307 e. The van der Waals surface area contributed by atoms with E-state index >= 15 is 0 Å². The van der Waals surface area contributed by atoms with Gasteiger partial charge in [-0.2, -0.15) is 0 Å². The highest BCUT2D eigenvalue weighted by Gasteiger charge is 2.14. The first-order valence-electron chi connectivity index (χ1n) is 6.55. The summed E-state index contributed by atoms with van der Waals surface area (Å²) in [5, 5.41) is 0. The highest BCUT2D eigenvalue weighted by Crippen LogP contribution is 2.19. The minimum Gasteiger partial charge on any atom is -0.496 e. The lowest BCUT2D eigenvalue weighted by molar-refractivity contribution is -0.143. The lowest BCUT2D eigenvalue weighted by atomic mass is 10.1. The molecule has 20 heavy (non-hydrogen) atoms. The van der Waals surface area contributed by atoms with Gasteiger partial charge in [-0.05, 0) is 31.5 Å². The minimum absolute atomic E-state index is 0.146. The second-order valence-corrected chi connectivity index (χ2v) is 4.47. The quantitative estimate of drug-likeness (QED) is 0.748. The van der Waals surface area contributed by atoms with Gasteiger partial charge in [0.1, 0.15) is 5.75 Å². The molecule has 0 saturated carbocycles. The predicted molar refractivity (Wildman–Crippen MR) is 75.9 cm³/mol. The molecule has 1 aromatic carbocycles. The number of rotatable bonds is 6. The van der Waals surface area contributed by atoms with Gasteiger partial charge in [0.15, 0.2) is 0 Å². The number of esters is 1. The van der Waals surface area contributed by atoms with Crippen molar-refractivity contribution >= 4 is 11.9 Å². The van der Waals surface area contributed by atoms with Crippen molar-refractivity contribution < 1.29 is 19.1 Å². The maximum atomic E-state index is 12.2. The van der Waals surface area contributed by atoms with Crippen LogP contribution in [0.2, 0.25) is 0 Å².